The molecule has 0 fully saturated rings. The van der Waals surface area contributed by atoms with E-state index in [2.05, 4.69) is 31.9 Å². The summed E-state index contributed by atoms with van der Waals surface area (Å²) in [6.07, 6.45) is 0. The Kier molecular flexibility index (Phi) is 5.98. The van der Waals surface area contributed by atoms with Crippen LogP contribution >= 0.6 is 54.8 Å². The monoisotopic (exact) mass is 454 g/mol. The van der Waals surface area contributed by atoms with Gasteiger partial charge in [0.05, 0.1) is 13.3 Å². The highest BCUT2D eigenvalue weighted by atomic mass is 79.9. The predicted octanol–water partition coefficient (Wildman–Crippen LogP) is 5.06. The van der Waals surface area contributed by atoms with E-state index in [0.717, 1.165) is 13.1 Å². The summed E-state index contributed by atoms with van der Waals surface area (Å²) >= 11 is 13.9. The van der Waals surface area contributed by atoms with Gasteiger partial charge in [-0.05, 0) is 55.6 Å². The van der Waals surface area contributed by atoms with Crippen LogP contribution in [0.4, 0.5) is 0 Å². The number of hydrogen-bond donors (Lipinski definition) is 0. The summed E-state index contributed by atoms with van der Waals surface area (Å²) < 4.78 is 13.7. The van der Waals surface area contributed by atoms with E-state index < -0.39 is 10.8 Å². The number of benzene rings is 1. The van der Waals surface area contributed by atoms with Crippen molar-refractivity contribution in [3.63, 3.8) is 0 Å². The van der Waals surface area contributed by atoms with Crippen molar-refractivity contribution in [2.24, 2.45) is 0 Å². The zero-order chi connectivity index (χ0) is 14.7. The van der Waals surface area contributed by atoms with Crippen molar-refractivity contribution < 1.29 is 9.00 Å². The van der Waals surface area contributed by atoms with Crippen molar-refractivity contribution in [3.05, 3.63) is 54.1 Å². The van der Waals surface area contributed by atoms with E-state index in [-0.39, 0.29) is 11.5 Å². The molecule has 0 amide bonds. The molecule has 20 heavy (non-hydrogen) atoms. The van der Waals surface area contributed by atoms with Crippen molar-refractivity contribution in [1.82, 2.24) is 0 Å². The van der Waals surface area contributed by atoms with Crippen molar-refractivity contribution in [2.45, 2.75) is 5.75 Å². The van der Waals surface area contributed by atoms with Crippen molar-refractivity contribution >= 4 is 71.4 Å². The molecule has 2 nitrogen and oxygen atoms in total. The number of halogens is 3. The smallest absolute Gasteiger partial charge is 0.177 e. The lowest BCUT2D eigenvalue weighted by molar-refractivity contribution is 0.102. The molecule has 0 aliphatic carbocycles. The third-order valence-electron chi connectivity index (χ3n) is 2.49. The quantitative estimate of drug-likeness (QED) is 0.590. The number of Topliss-reactive ketones (excluding diaryl/α,β-unsaturated/α-hetero) is 1. The Hall–Kier alpha value is -0.0100. The average Bonchev–Trinajstić information content (AvgIpc) is 2.71. The van der Waals surface area contributed by atoms with Crippen LogP contribution in [0, 0.1) is 0 Å². The lowest BCUT2D eigenvalue weighted by atomic mass is 10.2. The number of rotatable bonds is 5. The standard InChI is InChI=1S/C13H9Br2ClO2S2/c14-12-5-10(13(15)19-12)11(17)7-20(18)6-8-1-3-9(16)4-2-8/h1-5H,6-7H2. The zero-order valence-corrected chi connectivity index (χ0v) is 15.6. The van der Waals surface area contributed by atoms with Gasteiger partial charge in [-0.1, -0.05) is 23.7 Å². The number of carbonyl (C=O) groups is 1. The molecule has 1 atom stereocenters. The first kappa shape index (κ1) is 16.4. The van der Waals surface area contributed by atoms with E-state index in [9.17, 15) is 9.00 Å². The maximum Gasteiger partial charge on any atom is 0.177 e. The fraction of sp³-hybridized carbons (Fsp3) is 0.154. The Morgan fingerprint density at radius 3 is 2.45 bits per heavy atom. The van der Waals surface area contributed by atoms with Gasteiger partial charge in [0.15, 0.2) is 5.78 Å². The van der Waals surface area contributed by atoms with Gasteiger partial charge >= 0.3 is 0 Å². The van der Waals surface area contributed by atoms with E-state index in [4.69, 9.17) is 11.6 Å². The van der Waals surface area contributed by atoms with Crippen LogP contribution in [0.25, 0.3) is 0 Å². The third-order valence-corrected chi connectivity index (χ3v) is 6.32. The summed E-state index contributed by atoms with van der Waals surface area (Å²) in [5.41, 5.74) is 1.48. The first-order chi connectivity index (χ1) is 9.45. The minimum absolute atomic E-state index is 0.0183. The largest absolute Gasteiger partial charge is 0.293 e. The molecule has 106 valence electrons. The summed E-state index contributed by atoms with van der Waals surface area (Å²) in [6, 6.07) is 8.89. The SMILES string of the molecule is O=C(CS(=O)Cc1ccc(Cl)cc1)c1cc(Br)sc1Br. The van der Waals surface area contributed by atoms with Crippen LogP contribution in [-0.2, 0) is 16.6 Å². The van der Waals surface area contributed by atoms with E-state index in [1.807, 2.05) is 12.1 Å². The van der Waals surface area contributed by atoms with Crippen LogP contribution in [0.15, 0.2) is 37.9 Å². The molecule has 2 aromatic rings. The van der Waals surface area contributed by atoms with Gasteiger partial charge in [0.25, 0.3) is 0 Å². The van der Waals surface area contributed by atoms with E-state index >= 15 is 0 Å². The van der Waals surface area contributed by atoms with Crippen molar-refractivity contribution in [1.29, 1.82) is 0 Å². The Labute approximate surface area is 145 Å². The summed E-state index contributed by atoms with van der Waals surface area (Å²) in [5, 5.41) is 0.641. The highest BCUT2D eigenvalue weighted by molar-refractivity contribution is 9.12. The molecule has 0 N–H and O–H groups in total. The minimum Gasteiger partial charge on any atom is -0.293 e. The van der Waals surface area contributed by atoms with Gasteiger partial charge in [-0.3, -0.25) is 9.00 Å². The van der Waals surface area contributed by atoms with Gasteiger partial charge < -0.3 is 0 Å². The number of carbonyl (C=O) groups excluding carboxylic acids is 1. The maximum absolute atomic E-state index is 12.1. The van der Waals surface area contributed by atoms with Crippen LogP contribution in [0.5, 0.6) is 0 Å². The second-order valence-corrected chi connectivity index (χ2v) is 9.66. The lowest BCUT2D eigenvalue weighted by Crippen LogP contribution is -2.12. The normalized spacial score (nSPS) is 12.3. The Bertz CT molecular complexity index is 653. The second kappa shape index (κ2) is 7.31. The predicted molar refractivity (Wildman–Crippen MR) is 92.2 cm³/mol. The molecule has 0 radical (unpaired) electrons. The van der Waals surface area contributed by atoms with Gasteiger partial charge in [-0.2, -0.15) is 0 Å². The fourth-order valence-corrected chi connectivity index (χ4v) is 5.67. The second-order valence-electron chi connectivity index (χ2n) is 4.02. The molecular formula is C13H9Br2ClO2S2. The molecule has 0 aliphatic heterocycles. The summed E-state index contributed by atoms with van der Waals surface area (Å²) in [5.74, 6) is 0.252. The van der Waals surface area contributed by atoms with Crippen LogP contribution < -0.4 is 0 Å². The molecule has 0 spiro atoms. The lowest BCUT2D eigenvalue weighted by Gasteiger charge is -2.02. The molecule has 1 aromatic heterocycles. The summed E-state index contributed by atoms with van der Waals surface area (Å²) in [6.45, 7) is 0. The molecule has 1 unspecified atom stereocenters. The minimum atomic E-state index is -1.23. The van der Waals surface area contributed by atoms with Gasteiger partial charge in [0.2, 0.25) is 0 Å². The third kappa shape index (κ3) is 4.49. The van der Waals surface area contributed by atoms with Gasteiger partial charge in [0, 0.05) is 27.1 Å². The molecule has 7 heteroatoms. The first-order valence-electron chi connectivity index (χ1n) is 5.53. The molecular weight excluding hydrogens is 448 g/mol. The van der Waals surface area contributed by atoms with E-state index in [1.165, 1.54) is 11.3 Å². The van der Waals surface area contributed by atoms with Gasteiger partial charge in [-0.15, -0.1) is 11.3 Å². The molecule has 0 bridgehead atoms. The van der Waals surface area contributed by atoms with E-state index in [1.54, 1.807) is 18.2 Å². The summed E-state index contributed by atoms with van der Waals surface area (Å²) in [4.78, 5) is 12.1. The number of thiophene rings is 1. The fourth-order valence-electron chi connectivity index (χ4n) is 1.57. The molecule has 2 rings (SSSR count). The molecule has 0 saturated heterocycles. The molecule has 1 heterocycles. The number of ketones is 1. The zero-order valence-electron chi connectivity index (χ0n) is 10.1. The molecule has 0 saturated carbocycles. The highest BCUT2D eigenvalue weighted by Crippen LogP contribution is 2.32. The van der Waals surface area contributed by atoms with Crippen molar-refractivity contribution in [2.75, 3.05) is 5.75 Å². The van der Waals surface area contributed by atoms with Crippen LogP contribution in [0.1, 0.15) is 15.9 Å². The van der Waals surface area contributed by atoms with E-state index in [0.29, 0.717) is 16.3 Å². The van der Waals surface area contributed by atoms with Crippen LogP contribution in [0.2, 0.25) is 5.02 Å². The Morgan fingerprint density at radius 2 is 1.90 bits per heavy atom. The Balaban J connectivity index is 1.99. The molecule has 0 aliphatic rings. The topological polar surface area (TPSA) is 34.1 Å². The average molecular weight is 457 g/mol. The summed E-state index contributed by atoms with van der Waals surface area (Å²) in [7, 11) is -1.23. The van der Waals surface area contributed by atoms with Gasteiger partial charge in [-0.25, -0.2) is 0 Å². The van der Waals surface area contributed by atoms with Crippen molar-refractivity contribution in [3.8, 4) is 0 Å². The number of hydrogen-bond acceptors (Lipinski definition) is 3. The molecule has 1 aromatic carbocycles. The van der Waals surface area contributed by atoms with Gasteiger partial charge in [0.1, 0.15) is 0 Å². The van der Waals surface area contributed by atoms with Crippen LogP contribution in [0.3, 0.4) is 0 Å². The first-order valence-corrected chi connectivity index (χ1v) is 9.80. The maximum atomic E-state index is 12.1. The Morgan fingerprint density at radius 1 is 1.25 bits per heavy atom. The van der Waals surface area contributed by atoms with Crippen LogP contribution in [-0.4, -0.2) is 15.7 Å². The highest BCUT2D eigenvalue weighted by Gasteiger charge is 2.16.